The molecule has 5 heteroatoms. The number of para-hydroxylation sites is 1. The van der Waals surface area contributed by atoms with Crippen molar-refractivity contribution in [3.8, 4) is 5.75 Å². The zero-order chi connectivity index (χ0) is 17.1. The van der Waals surface area contributed by atoms with E-state index in [1.54, 1.807) is 30.3 Å². The van der Waals surface area contributed by atoms with E-state index >= 15 is 0 Å². The summed E-state index contributed by atoms with van der Waals surface area (Å²) in [7, 11) is -3.70. The first-order valence-electron chi connectivity index (χ1n) is 7.59. The molecule has 0 fully saturated rings. The molecule has 0 aromatic heterocycles. The molecule has 2 aromatic carbocycles. The molecule has 1 N–H and O–H groups in total. The molecule has 0 amide bonds. The van der Waals surface area contributed by atoms with Gasteiger partial charge in [-0.3, -0.25) is 4.72 Å². The van der Waals surface area contributed by atoms with E-state index in [-0.39, 0.29) is 10.3 Å². The minimum atomic E-state index is -3.70. The van der Waals surface area contributed by atoms with Crippen LogP contribution in [0.5, 0.6) is 5.75 Å². The molecule has 0 aliphatic rings. The Bertz CT molecular complexity index is 777. The molecule has 0 atom stereocenters. The molecule has 0 bridgehead atoms. The number of rotatable bonds is 5. The monoisotopic (exact) mass is 333 g/mol. The van der Waals surface area contributed by atoms with Crippen LogP contribution < -0.4 is 9.46 Å². The van der Waals surface area contributed by atoms with Crippen LogP contribution in [0.1, 0.15) is 33.3 Å². The number of sulfonamides is 1. The number of benzene rings is 2. The molecule has 0 radical (unpaired) electrons. The van der Waals surface area contributed by atoms with Gasteiger partial charge in [0, 0.05) is 5.69 Å². The van der Waals surface area contributed by atoms with E-state index < -0.39 is 10.0 Å². The van der Waals surface area contributed by atoms with Crippen LogP contribution in [-0.4, -0.2) is 15.0 Å². The largest absolute Gasteiger partial charge is 0.492 e. The van der Waals surface area contributed by atoms with Crippen LogP contribution in [0.3, 0.4) is 0 Å². The van der Waals surface area contributed by atoms with Crippen LogP contribution in [0.4, 0.5) is 5.69 Å². The highest BCUT2D eigenvalue weighted by molar-refractivity contribution is 7.92. The maximum atomic E-state index is 12.7. The number of ether oxygens (including phenoxy) is 1. The molecule has 0 saturated heterocycles. The maximum Gasteiger partial charge on any atom is 0.265 e. The van der Waals surface area contributed by atoms with Gasteiger partial charge in [0.1, 0.15) is 10.6 Å². The molecule has 0 saturated carbocycles. The summed E-state index contributed by atoms with van der Waals surface area (Å²) in [6, 6.07) is 14.1. The molecule has 0 heterocycles. The summed E-state index contributed by atoms with van der Waals surface area (Å²) in [4.78, 5) is 0.142. The van der Waals surface area contributed by atoms with Crippen molar-refractivity contribution in [1.82, 2.24) is 0 Å². The highest BCUT2D eigenvalue weighted by atomic mass is 32.2. The van der Waals surface area contributed by atoms with Gasteiger partial charge in [0.05, 0.1) is 6.61 Å². The zero-order valence-corrected chi connectivity index (χ0v) is 14.8. The topological polar surface area (TPSA) is 55.4 Å². The first-order valence-corrected chi connectivity index (χ1v) is 9.07. The van der Waals surface area contributed by atoms with Gasteiger partial charge in [-0.15, -0.1) is 0 Å². The molecule has 4 nitrogen and oxygen atoms in total. The highest BCUT2D eigenvalue weighted by Gasteiger charge is 2.20. The number of hydrogen-bond donors (Lipinski definition) is 1. The molecule has 0 spiro atoms. The lowest BCUT2D eigenvalue weighted by atomic mass is 9.87. The Labute approximate surface area is 138 Å². The number of hydrogen-bond acceptors (Lipinski definition) is 3. The van der Waals surface area contributed by atoms with E-state index in [1.807, 2.05) is 25.1 Å². The second-order valence-electron chi connectivity index (χ2n) is 6.32. The molecule has 23 heavy (non-hydrogen) atoms. The second kappa shape index (κ2) is 6.62. The fraction of sp³-hybridized carbons (Fsp3) is 0.333. The fourth-order valence-electron chi connectivity index (χ4n) is 2.21. The van der Waals surface area contributed by atoms with Gasteiger partial charge in [0.25, 0.3) is 10.0 Å². The van der Waals surface area contributed by atoms with Crippen molar-refractivity contribution in [3.63, 3.8) is 0 Å². The first-order chi connectivity index (χ1) is 10.7. The molecule has 0 aliphatic carbocycles. The van der Waals surface area contributed by atoms with Crippen LogP contribution in [0.25, 0.3) is 0 Å². The van der Waals surface area contributed by atoms with Gasteiger partial charge in [-0.25, -0.2) is 8.42 Å². The number of nitrogens with one attached hydrogen (secondary N) is 1. The van der Waals surface area contributed by atoms with Crippen LogP contribution in [0.2, 0.25) is 0 Å². The van der Waals surface area contributed by atoms with Gasteiger partial charge in [-0.1, -0.05) is 45.0 Å². The fourth-order valence-corrected chi connectivity index (χ4v) is 3.40. The lowest BCUT2D eigenvalue weighted by Gasteiger charge is -2.20. The first kappa shape index (κ1) is 17.3. The third-order valence-electron chi connectivity index (χ3n) is 3.42. The summed E-state index contributed by atoms with van der Waals surface area (Å²) in [5, 5.41) is 0. The summed E-state index contributed by atoms with van der Waals surface area (Å²) in [6.07, 6.45) is 0. The summed E-state index contributed by atoms with van der Waals surface area (Å²) >= 11 is 0. The Morgan fingerprint density at radius 1 is 1.04 bits per heavy atom. The molecular weight excluding hydrogens is 310 g/mol. The van der Waals surface area contributed by atoms with E-state index in [0.29, 0.717) is 18.0 Å². The van der Waals surface area contributed by atoms with E-state index in [2.05, 4.69) is 25.5 Å². The van der Waals surface area contributed by atoms with Gasteiger partial charge in [0.15, 0.2) is 0 Å². The third kappa shape index (κ3) is 4.26. The lowest BCUT2D eigenvalue weighted by molar-refractivity contribution is 0.331. The van der Waals surface area contributed by atoms with E-state index in [9.17, 15) is 8.42 Å². The zero-order valence-electron chi connectivity index (χ0n) is 14.0. The predicted octanol–water partition coefficient (Wildman–Crippen LogP) is 4.18. The van der Waals surface area contributed by atoms with Crippen molar-refractivity contribution < 1.29 is 13.2 Å². The Balaban J connectivity index is 2.36. The Morgan fingerprint density at radius 2 is 1.74 bits per heavy atom. The molecule has 0 aliphatic heterocycles. The van der Waals surface area contributed by atoms with Crippen LogP contribution in [0, 0.1) is 0 Å². The van der Waals surface area contributed by atoms with Crippen molar-refractivity contribution in [2.24, 2.45) is 0 Å². The van der Waals surface area contributed by atoms with Gasteiger partial charge in [-0.05, 0) is 42.2 Å². The van der Waals surface area contributed by atoms with Crippen molar-refractivity contribution in [2.75, 3.05) is 11.3 Å². The minimum absolute atomic E-state index is 0.0509. The van der Waals surface area contributed by atoms with E-state index in [0.717, 1.165) is 5.56 Å². The van der Waals surface area contributed by atoms with Gasteiger partial charge >= 0.3 is 0 Å². The predicted molar refractivity (Wildman–Crippen MR) is 93.6 cm³/mol. The van der Waals surface area contributed by atoms with Crippen molar-refractivity contribution in [2.45, 2.75) is 38.0 Å². The van der Waals surface area contributed by atoms with Gasteiger partial charge < -0.3 is 4.74 Å². The SMILES string of the molecule is CCOc1ccccc1S(=O)(=O)Nc1cccc(C(C)(C)C)c1. The summed E-state index contributed by atoms with van der Waals surface area (Å²) in [6.45, 7) is 8.50. The van der Waals surface area contributed by atoms with Gasteiger partial charge in [-0.2, -0.15) is 0 Å². The smallest absolute Gasteiger partial charge is 0.265 e. The lowest BCUT2D eigenvalue weighted by Crippen LogP contribution is -2.16. The molecule has 2 rings (SSSR count). The quantitative estimate of drug-likeness (QED) is 0.893. The average molecular weight is 333 g/mol. The Morgan fingerprint density at radius 3 is 2.39 bits per heavy atom. The Kier molecular flexibility index (Phi) is 5.00. The maximum absolute atomic E-state index is 12.7. The highest BCUT2D eigenvalue weighted by Crippen LogP contribution is 2.28. The molecule has 124 valence electrons. The van der Waals surface area contributed by atoms with E-state index in [1.165, 1.54) is 0 Å². The standard InChI is InChI=1S/C18H23NO3S/c1-5-22-16-11-6-7-12-17(16)23(20,21)19-15-10-8-9-14(13-15)18(2,3)4/h6-13,19H,5H2,1-4H3. The summed E-state index contributed by atoms with van der Waals surface area (Å²) < 4.78 is 33.4. The second-order valence-corrected chi connectivity index (χ2v) is 7.97. The third-order valence-corrected chi connectivity index (χ3v) is 4.84. The molecular formula is C18H23NO3S. The van der Waals surface area contributed by atoms with Crippen molar-refractivity contribution in [3.05, 3.63) is 54.1 Å². The Hall–Kier alpha value is -2.01. The van der Waals surface area contributed by atoms with Gasteiger partial charge in [0.2, 0.25) is 0 Å². The normalized spacial score (nSPS) is 12.0. The molecule has 0 unspecified atom stereocenters. The van der Waals surface area contributed by atoms with Crippen molar-refractivity contribution in [1.29, 1.82) is 0 Å². The van der Waals surface area contributed by atoms with E-state index in [4.69, 9.17) is 4.74 Å². The van der Waals surface area contributed by atoms with Crippen molar-refractivity contribution >= 4 is 15.7 Å². The average Bonchev–Trinajstić information content (AvgIpc) is 2.47. The molecule has 2 aromatic rings. The van der Waals surface area contributed by atoms with Crippen LogP contribution in [-0.2, 0) is 15.4 Å². The summed E-state index contributed by atoms with van der Waals surface area (Å²) in [5.41, 5.74) is 1.56. The van der Waals surface area contributed by atoms with Crippen LogP contribution >= 0.6 is 0 Å². The number of anilines is 1. The summed E-state index contributed by atoms with van der Waals surface area (Å²) in [5.74, 6) is 0.356. The minimum Gasteiger partial charge on any atom is -0.492 e. The van der Waals surface area contributed by atoms with Crippen LogP contribution in [0.15, 0.2) is 53.4 Å².